The smallest absolute Gasteiger partial charge is 0.254 e. The normalized spacial score (nSPS) is 12.1. The van der Waals surface area contributed by atoms with Crippen molar-refractivity contribution < 1.29 is 23.5 Å². The summed E-state index contributed by atoms with van der Waals surface area (Å²) in [6.07, 6.45) is 0.739. The maximum absolute atomic E-state index is 13.7. The summed E-state index contributed by atoms with van der Waals surface area (Å²) >= 11 is 0. The van der Waals surface area contributed by atoms with E-state index in [9.17, 15) is 9.59 Å². The number of amides is 2. The van der Waals surface area contributed by atoms with Crippen molar-refractivity contribution in [3.05, 3.63) is 95.4 Å². The zero-order valence-electron chi connectivity index (χ0n) is 21.1. The summed E-state index contributed by atoms with van der Waals surface area (Å²) in [7, 11) is 0. The first-order valence-electron chi connectivity index (χ1n) is 12.5. The van der Waals surface area contributed by atoms with Crippen LogP contribution in [0.15, 0.2) is 77.2 Å². The lowest BCUT2D eigenvalue weighted by Gasteiger charge is -2.27. The second-order valence-corrected chi connectivity index (χ2v) is 9.20. The van der Waals surface area contributed by atoms with Gasteiger partial charge in [0.1, 0.15) is 18.1 Å². The van der Waals surface area contributed by atoms with Gasteiger partial charge < -0.3 is 23.7 Å². The van der Waals surface area contributed by atoms with Crippen LogP contribution in [0.2, 0.25) is 0 Å². The summed E-state index contributed by atoms with van der Waals surface area (Å²) in [6.45, 7) is 5.16. The van der Waals surface area contributed by atoms with Gasteiger partial charge in [0.15, 0.2) is 11.5 Å². The highest BCUT2D eigenvalue weighted by Crippen LogP contribution is 2.33. The molecule has 3 aromatic carbocycles. The van der Waals surface area contributed by atoms with Crippen LogP contribution in [-0.2, 0) is 17.9 Å². The van der Waals surface area contributed by atoms with Crippen molar-refractivity contribution >= 4 is 22.6 Å². The Morgan fingerprint density at radius 2 is 1.68 bits per heavy atom. The van der Waals surface area contributed by atoms with Crippen molar-refractivity contribution in [3.8, 4) is 11.5 Å². The SMILES string of the molecule is CCCN(CC(=O)N(Cc1ccc2c(c1)OCO2)Cc1ccc(C)o1)C(=O)c1cccc2ccccc12. The van der Waals surface area contributed by atoms with Gasteiger partial charge in [0.25, 0.3) is 5.91 Å². The predicted octanol–water partition coefficient (Wildman–Crippen LogP) is 5.55. The van der Waals surface area contributed by atoms with E-state index in [0.717, 1.165) is 28.5 Å². The Morgan fingerprint density at radius 1 is 0.865 bits per heavy atom. The minimum absolute atomic E-state index is 0.0276. The fourth-order valence-corrected chi connectivity index (χ4v) is 4.62. The molecular formula is C30H30N2O5. The summed E-state index contributed by atoms with van der Waals surface area (Å²) in [6, 6.07) is 22.9. The topological polar surface area (TPSA) is 72.2 Å². The Hall–Kier alpha value is -4.26. The number of furan rings is 1. The molecule has 0 fully saturated rings. The second-order valence-electron chi connectivity index (χ2n) is 9.20. The van der Waals surface area contributed by atoms with E-state index in [2.05, 4.69) is 0 Å². The molecule has 7 heteroatoms. The summed E-state index contributed by atoms with van der Waals surface area (Å²) in [5.41, 5.74) is 1.51. The summed E-state index contributed by atoms with van der Waals surface area (Å²) in [5.74, 6) is 2.52. The van der Waals surface area contributed by atoms with Crippen LogP contribution in [0.5, 0.6) is 11.5 Å². The van der Waals surface area contributed by atoms with Crippen molar-refractivity contribution in [1.29, 1.82) is 0 Å². The van der Waals surface area contributed by atoms with Crippen LogP contribution in [0.1, 0.15) is 40.8 Å². The molecule has 37 heavy (non-hydrogen) atoms. The number of hydrogen-bond acceptors (Lipinski definition) is 5. The van der Waals surface area contributed by atoms with E-state index in [1.165, 1.54) is 0 Å². The molecule has 0 saturated carbocycles. The average molecular weight is 499 g/mol. The van der Waals surface area contributed by atoms with Crippen molar-refractivity contribution in [2.45, 2.75) is 33.4 Å². The largest absolute Gasteiger partial charge is 0.464 e. The molecule has 190 valence electrons. The number of benzene rings is 3. The number of rotatable bonds is 9. The number of aryl methyl sites for hydroxylation is 1. The van der Waals surface area contributed by atoms with Crippen LogP contribution >= 0.6 is 0 Å². The molecule has 1 aromatic heterocycles. The van der Waals surface area contributed by atoms with E-state index >= 15 is 0 Å². The van der Waals surface area contributed by atoms with Crippen LogP contribution in [0.4, 0.5) is 0 Å². The first-order chi connectivity index (χ1) is 18.0. The molecule has 0 bridgehead atoms. The van der Waals surface area contributed by atoms with E-state index in [4.69, 9.17) is 13.9 Å². The highest BCUT2D eigenvalue weighted by molar-refractivity contribution is 6.07. The molecule has 0 spiro atoms. The van der Waals surface area contributed by atoms with Crippen molar-refractivity contribution in [3.63, 3.8) is 0 Å². The molecule has 0 aliphatic carbocycles. The van der Waals surface area contributed by atoms with Gasteiger partial charge in [-0.15, -0.1) is 0 Å². The third-order valence-electron chi connectivity index (χ3n) is 6.43. The van der Waals surface area contributed by atoms with Crippen LogP contribution in [-0.4, -0.2) is 41.5 Å². The molecule has 2 amide bonds. The minimum Gasteiger partial charge on any atom is -0.464 e. The summed E-state index contributed by atoms with van der Waals surface area (Å²) in [4.78, 5) is 30.7. The van der Waals surface area contributed by atoms with Crippen molar-refractivity contribution in [2.24, 2.45) is 0 Å². The van der Waals surface area contributed by atoms with E-state index in [1.54, 1.807) is 9.80 Å². The van der Waals surface area contributed by atoms with Gasteiger partial charge in [-0.1, -0.05) is 49.4 Å². The fourth-order valence-electron chi connectivity index (χ4n) is 4.62. The number of fused-ring (bicyclic) bond motifs is 2. The van der Waals surface area contributed by atoms with E-state index in [-0.39, 0.29) is 25.2 Å². The molecule has 2 heterocycles. The molecule has 1 aliphatic rings. The lowest BCUT2D eigenvalue weighted by atomic mass is 10.0. The Morgan fingerprint density at radius 3 is 2.49 bits per heavy atom. The predicted molar refractivity (Wildman–Crippen MR) is 140 cm³/mol. The van der Waals surface area contributed by atoms with Gasteiger partial charge in [-0.25, -0.2) is 0 Å². The minimum atomic E-state index is -0.159. The first kappa shape index (κ1) is 24.4. The average Bonchev–Trinajstić information content (AvgIpc) is 3.55. The monoisotopic (exact) mass is 498 g/mol. The molecule has 5 rings (SSSR count). The zero-order valence-corrected chi connectivity index (χ0v) is 21.1. The molecule has 0 atom stereocenters. The quantitative estimate of drug-likeness (QED) is 0.303. The maximum atomic E-state index is 13.7. The second kappa shape index (κ2) is 10.8. The molecule has 0 radical (unpaired) electrons. The molecule has 1 aliphatic heterocycles. The summed E-state index contributed by atoms with van der Waals surface area (Å²) < 4.78 is 16.7. The van der Waals surface area contributed by atoms with Crippen LogP contribution in [0, 0.1) is 6.92 Å². The van der Waals surface area contributed by atoms with Gasteiger partial charge in [0, 0.05) is 18.7 Å². The highest BCUT2D eigenvalue weighted by atomic mass is 16.7. The van der Waals surface area contributed by atoms with Crippen LogP contribution in [0.25, 0.3) is 10.8 Å². The third kappa shape index (κ3) is 5.45. The van der Waals surface area contributed by atoms with E-state index in [0.29, 0.717) is 42.5 Å². The van der Waals surface area contributed by atoms with Crippen LogP contribution < -0.4 is 9.47 Å². The first-order valence-corrected chi connectivity index (χ1v) is 12.5. The van der Waals surface area contributed by atoms with Gasteiger partial charge in [-0.2, -0.15) is 0 Å². The Balaban J connectivity index is 1.39. The molecule has 4 aromatic rings. The van der Waals surface area contributed by atoms with Crippen molar-refractivity contribution in [2.75, 3.05) is 19.9 Å². The Kier molecular flexibility index (Phi) is 7.12. The van der Waals surface area contributed by atoms with Crippen LogP contribution in [0.3, 0.4) is 0 Å². The molecule has 0 saturated heterocycles. The number of hydrogen-bond donors (Lipinski definition) is 0. The Bertz CT molecular complexity index is 1420. The van der Waals surface area contributed by atoms with Gasteiger partial charge in [0.2, 0.25) is 12.7 Å². The zero-order chi connectivity index (χ0) is 25.8. The van der Waals surface area contributed by atoms with E-state index < -0.39 is 0 Å². The molecule has 0 N–H and O–H groups in total. The van der Waals surface area contributed by atoms with E-state index in [1.807, 2.05) is 86.6 Å². The lowest BCUT2D eigenvalue weighted by Crippen LogP contribution is -2.42. The number of nitrogens with zero attached hydrogens (tertiary/aromatic N) is 2. The number of carbonyl (C=O) groups excluding carboxylic acids is 2. The third-order valence-corrected chi connectivity index (χ3v) is 6.43. The standard InChI is InChI=1S/C30H30N2O5/c1-3-15-31(30(34)26-10-6-8-23-7-4-5-9-25(23)26)19-29(33)32(18-24-13-11-21(2)37-24)17-22-12-14-27-28(16-22)36-20-35-27/h4-14,16H,3,15,17-20H2,1-2H3. The van der Waals surface area contributed by atoms with Gasteiger partial charge in [0.05, 0.1) is 6.54 Å². The number of carbonyl (C=O) groups is 2. The lowest BCUT2D eigenvalue weighted by molar-refractivity contribution is -0.133. The van der Waals surface area contributed by atoms with Gasteiger partial charge >= 0.3 is 0 Å². The van der Waals surface area contributed by atoms with Gasteiger partial charge in [-0.05, 0) is 60.0 Å². The highest BCUT2D eigenvalue weighted by Gasteiger charge is 2.25. The fraction of sp³-hybridized carbons (Fsp3) is 0.267. The van der Waals surface area contributed by atoms with Crippen molar-refractivity contribution in [1.82, 2.24) is 9.80 Å². The summed E-state index contributed by atoms with van der Waals surface area (Å²) in [5, 5.41) is 1.88. The van der Waals surface area contributed by atoms with Gasteiger partial charge in [-0.3, -0.25) is 9.59 Å². The molecule has 0 unspecified atom stereocenters. The molecule has 7 nitrogen and oxygen atoms in total. The maximum Gasteiger partial charge on any atom is 0.254 e. The Labute approximate surface area is 216 Å². The number of ether oxygens (including phenoxy) is 2. The molecular weight excluding hydrogens is 468 g/mol.